The standard InChI is InChI=1S/C19H23F2N3O3Si.C13H8F2IN3O2/c1-23-16-11-22-24(12-26-7-8-28(2,3)4)15(16)10-18(19(23)25)27-17-6-5-13(20)9-14(17)21;1-19-11-8(17-18-12(11)16)5-10(13(19)20)21-9-3-2-6(14)4-7(9)15/h5-6,9-11H,7-8,12H2,1-4H3;2-5H,1H3,(H,17,18). The molecule has 0 saturated carbocycles. The fourth-order valence-corrected chi connectivity index (χ4v) is 6.10. The minimum atomic E-state index is -1.19. The molecule has 0 radical (unpaired) electrons. The van der Waals surface area contributed by atoms with Crippen molar-refractivity contribution in [2.45, 2.75) is 32.4 Å². The highest BCUT2D eigenvalue weighted by molar-refractivity contribution is 14.1. The Morgan fingerprint density at radius 3 is 1.94 bits per heavy atom. The lowest BCUT2D eigenvalue weighted by molar-refractivity contribution is 0.0816. The van der Waals surface area contributed by atoms with Crippen LogP contribution in [0.2, 0.25) is 25.7 Å². The molecule has 0 spiro atoms. The first-order valence-corrected chi connectivity index (χ1v) is 19.5. The Hall–Kier alpha value is -4.49. The van der Waals surface area contributed by atoms with Crippen molar-refractivity contribution in [2.24, 2.45) is 14.1 Å². The molecule has 4 heterocycles. The minimum Gasteiger partial charge on any atom is -0.448 e. The van der Waals surface area contributed by atoms with Crippen molar-refractivity contribution in [1.29, 1.82) is 0 Å². The van der Waals surface area contributed by atoms with E-state index in [-0.39, 0.29) is 29.7 Å². The number of halogens is 5. The summed E-state index contributed by atoms with van der Waals surface area (Å²) < 4.78 is 74.9. The first-order chi connectivity index (χ1) is 23.1. The number of benzene rings is 2. The summed E-state index contributed by atoms with van der Waals surface area (Å²) in [7, 11) is 1.95. The van der Waals surface area contributed by atoms with Gasteiger partial charge in [0.2, 0.25) is 0 Å². The average molecular weight is 811 g/mol. The molecule has 0 unspecified atom stereocenters. The van der Waals surface area contributed by atoms with Gasteiger partial charge in [-0.1, -0.05) is 19.6 Å². The highest BCUT2D eigenvalue weighted by Gasteiger charge is 2.17. The summed E-state index contributed by atoms with van der Waals surface area (Å²) in [5.41, 5.74) is 1.48. The third-order valence-corrected chi connectivity index (χ3v) is 9.74. The molecular formula is C32H31F4IN6O5Si. The zero-order valence-corrected chi connectivity index (χ0v) is 30.1. The van der Waals surface area contributed by atoms with Crippen LogP contribution in [-0.2, 0) is 25.6 Å². The Bertz CT molecular complexity index is 2280. The lowest BCUT2D eigenvalue weighted by atomic mass is 10.3. The van der Waals surface area contributed by atoms with Crippen LogP contribution >= 0.6 is 22.6 Å². The second kappa shape index (κ2) is 14.5. The first kappa shape index (κ1) is 35.8. The van der Waals surface area contributed by atoms with Crippen molar-refractivity contribution in [2.75, 3.05) is 6.61 Å². The van der Waals surface area contributed by atoms with Crippen LogP contribution in [0.25, 0.3) is 22.1 Å². The Morgan fingerprint density at radius 1 is 0.796 bits per heavy atom. The van der Waals surface area contributed by atoms with Gasteiger partial charge in [0.25, 0.3) is 11.1 Å². The number of ether oxygens (including phenoxy) is 3. The van der Waals surface area contributed by atoms with Crippen molar-refractivity contribution in [3.8, 4) is 23.0 Å². The molecule has 6 rings (SSSR count). The first-order valence-electron chi connectivity index (χ1n) is 14.8. The van der Waals surface area contributed by atoms with E-state index in [4.69, 9.17) is 14.2 Å². The zero-order valence-electron chi connectivity index (χ0n) is 27.0. The number of aromatic nitrogens is 6. The molecule has 4 aromatic heterocycles. The largest absolute Gasteiger partial charge is 0.448 e. The number of aromatic amines is 1. The van der Waals surface area contributed by atoms with E-state index in [1.165, 1.54) is 21.3 Å². The van der Waals surface area contributed by atoms with E-state index in [0.29, 0.717) is 44.5 Å². The van der Waals surface area contributed by atoms with Crippen LogP contribution in [0.4, 0.5) is 17.6 Å². The number of rotatable bonds is 9. The summed E-state index contributed by atoms with van der Waals surface area (Å²) in [6.07, 6.45) is 1.57. The zero-order chi connectivity index (χ0) is 35.6. The number of nitrogens with zero attached hydrogens (tertiary/aromatic N) is 5. The van der Waals surface area contributed by atoms with Gasteiger partial charge in [-0.05, 0) is 52.9 Å². The van der Waals surface area contributed by atoms with E-state index in [1.54, 1.807) is 25.0 Å². The Balaban J connectivity index is 0.000000199. The van der Waals surface area contributed by atoms with Gasteiger partial charge in [-0.3, -0.25) is 14.7 Å². The Morgan fingerprint density at radius 2 is 1.37 bits per heavy atom. The average Bonchev–Trinajstić information content (AvgIpc) is 3.61. The fraction of sp³-hybridized carbons (Fsp3) is 0.250. The fourth-order valence-electron chi connectivity index (χ4n) is 4.58. The quantitative estimate of drug-likeness (QED) is 0.0720. The maximum Gasteiger partial charge on any atom is 0.293 e. The summed E-state index contributed by atoms with van der Waals surface area (Å²) in [5, 5.41) is 11.1. The number of H-pyrrole nitrogens is 1. The van der Waals surface area contributed by atoms with Crippen LogP contribution in [0, 0.1) is 27.0 Å². The lowest BCUT2D eigenvalue weighted by Gasteiger charge is -2.15. The van der Waals surface area contributed by atoms with Gasteiger partial charge in [-0.2, -0.15) is 10.2 Å². The maximum atomic E-state index is 13.9. The third kappa shape index (κ3) is 8.22. The molecule has 6 aromatic rings. The molecule has 0 atom stereocenters. The molecule has 49 heavy (non-hydrogen) atoms. The summed E-state index contributed by atoms with van der Waals surface area (Å²) in [6.45, 7) is 7.68. The number of hydrogen-bond donors (Lipinski definition) is 1. The number of nitrogens with one attached hydrogen (secondary N) is 1. The maximum absolute atomic E-state index is 13.9. The number of hydrogen-bond acceptors (Lipinski definition) is 7. The molecule has 0 aliphatic carbocycles. The molecule has 258 valence electrons. The number of fused-ring (bicyclic) bond motifs is 2. The molecule has 11 nitrogen and oxygen atoms in total. The van der Waals surface area contributed by atoms with Gasteiger partial charge in [-0.15, -0.1) is 0 Å². The van der Waals surface area contributed by atoms with Crippen molar-refractivity contribution >= 4 is 52.7 Å². The predicted molar refractivity (Wildman–Crippen MR) is 186 cm³/mol. The van der Waals surface area contributed by atoms with Gasteiger partial charge in [-0.25, -0.2) is 22.2 Å². The van der Waals surface area contributed by atoms with Gasteiger partial charge in [0.1, 0.15) is 33.1 Å². The molecule has 0 bridgehead atoms. The topological polar surface area (TPSA) is 118 Å². The van der Waals surface area contributed by atoms with Gasteiger partial charge in [0, 0.05) is 53.0 Å². The van der Waals surface area contributed by atoms with Gasteiger partial charge in [0.15, 0.2) is 34.6 Å². The highest BCUT2D eigenvalue weighted by Crippen LogP contribution is 2.27. The third-order valence-electron chi connectivity index (χ3n) is 7.29. The predicted octanol–water partition coefficient (Wildman–Crippen LogP) is 7.05. The van der Waals surface area contributed by atoms with E-state index < -0.39 is 42.5 Å². The van der Waals surface area contributed by atoms with Crippen LogP contribution < -0.4 is 20.6 Å². The highest BCUT2D eigenvalue weighted by atomic mass is 127. The van der Waals surface area contributed by atoms with Crippen molar-refractivity contribution in [3.05, 3.63) is 102 Å². The SMILES string of the molecule is Cn1c(=O)c(Oc2ccc(F)cc2F)cc2c1cnn2COCC[Si](C)(C)C.Cn1c(=O)c(Oc2ccc(F)cc2F)cc2n[nH]c(I)c21. The second-order valence-corrected chi connectivity index (χ2v) is 18.8. The Labute approximate surface area is 291 Å². The normalized spacial score (nSPS) is 11.6. The van der Waals surface area contributed by atoms with Gasteiger partial charge >= 0.3 is 0 Å². The lowest BCUT2D eigenvalue weighted by Crippen LogP contribution is -2.22. The second-order valence-electron chi connectivity index (χ2n) is 12.1. The van der Waals surface area contributed by atoms with Crippen LogP contribution in [0.3, 0.4) is 0 Å². The van der Waals surface area contributed by atoms with Crippen molar-refractivity contribution < 1.29 is 31.8 Å². The van der Waals surface area contributed by atoms with E-state index in [0.717, 1.165) is 30.3 Å². The number of aryl methyl sites for hydroxylation is 2. The van der Waals surface area contributed by atoms with E-state index in [9.17, 15) is 27.2 Å². The molecule has 2 aromatic carbocycles. The van der Waals surface area contributed by atoms with Crippen LogP contribution in [0.5, 0.6) is 23.0 Å². The van der Waals surface area contributed by atoms with Crippen molar-refractivity contribution in [1.82, 2.24) is 29.1 Å². The minimum absolute atomic E-state index is 0.0793. The molecule has 0 amide bonds. The molecule has 0 aliphatic rings. The molecule has 0 aliphatic heterocycles. The van der Waals surface area contributed by atoms with Crippen LogP contribution in [-0.4, -0.2) is 43.8 Å². The van der Waals surface area contributed by atoms with Crippen LogP contribution in [0.15, 0.2) is 64.3 Å². The number of pyridine rings is 2. The summed E-state index contributed by atoms with van der Waals surface area (Å²) in [5.74, 6) is -3.82. The summed E-state index contributed by atoms with van der Waals surface area (Å²) >= 11 is 2.02. The van der Waals surface area contributed by atoms with Crippen molar-refractivity contribution in [3.63, 3.8) is 0 Å². The summed E-state index contributed by atoms with van der Waals surface area (Å²) in [6, 6.07) is 9.73. The molecule has 0 fully saturated rings. The molecule has 17 heteroatoms. The van der Waals surface area contributed by atoms with Gasteiger partial charge in [0.05, 0.1) is 17.2 Å². The summed E-state index contributed by atoms with van der Waals surface area (Å²) in [4.78, 5) is 24.7. The molecular weight excluding hydrogens is 779 g/mol. The smallest absolute Gasteiger partial charge is 0.293 e. The molecule has 0 saturated heterocycles. The monoisotopic (exact) mass is 810 g/mol. The van der Waals surface area contributed by atoms with Crippen LogP contribution in [0.1, 0.15) is 0 Å². The molecule has 1 N–H and O–H groups in total. The van der Waals surface area contributed by atoms with Gasteiger partial charge < -0.3 is 23.3 Å². The Kier molecular flexibility index (Phi) is 10.6. The van der Waals surface area contributed by atoms with E-state index >= 15 is 0 Å². The van der Waals surface area contributed by atoms with E-state index in [1.807, 2.05) is 22.6 Å². The van der Waals surface area contributed by atoms with E-state index in [2.05, 4.69) is 34.9 Å².